The van der Waals surface area contributed by atoms with Crippen molar-refractivity contribution < 1.29 is 0 Å². The first-order valence-corrected chi connectivity index (χ1v) is 11.5. The first-order valence-electron chi connectivity index (χ1n) is 11.1. The minimum absolute atomic E-state index is 0.760. The molecule has 0 nitrogen and oxygen atoms in total. The second-order valence-corrected chi connectivity index (χ2v) is 8.82. The molecular weight excluding hydrogens is 420 g/mol. The molecule has 0 unspecified atom stereocenters. The topological polar surface area (TPSA) is 0 Å². The van der Waals surface area contributed by atoms with E-state index < -0.39 is 0 Å². The first-order chi connectivity index (χ1) is 16.2. The standard InChI is InChI=1S/C32H21Cl/c33-30-18-16-23(17-19-30)27-13-15-28-20-26(12-14-29(28)21-27)22-8-10-25(11-9-22)32-7-3-5-24-4-1-2-6-31(24)32/h1-21H. The Labute approximate surface area is 198 Å². The molecule has 0 radical (unpaired) electrons. The van der Waals surface area contributed by atoms with E-state index in [-0.39, 0.29) is 0 Å². The van der Waals surface area contributed by atoms with Gasteiger partial charge in [-0.05, 0) is 79.2 Å². The van der Waals surface area contributed by atoms with Crippen LogP contribution >= 0.6 is 11.6 Å². The van der Waals surface area contributed by atoms with E-state index in [9.17, 15) is 0 Å². The lowest BCUT2D eigenvalue weighted by Gasteiger charge is -2.10. The second-order valence-electron chi connectivity index (χ2n) is 8.39. The highest BCUT2D eigenvalue weighted by molar-refractivity contribution is 6.30. The van der Waals surface area contributed by atoms with Gasteiger partial charge in [0.25, 0.3) is 0 Å². The van der Waals surface area contributed by atoms with Gasteiger partial charge in [-0.1, -0.05) is 115 Å². The normalized spacial score (nSPS) is 11.2. The van der Waals surface area contributed by atoms with Crippen molar-refractivity contribution >= 4 is 33.1 Å². The zero-order chi connectivity index (χ0) is 22.2. The molecule has 1 heteroatoms. The Bertz CT molecular complexity index is 1590. The number of benzene rings is 6. The summed E-state index contributed by atoms with van der Waals surface area (Å²) in [5.74, 6) is 0. The van der Waals surface area contributed by atoms with Gasteiger partial charge in [0.1, 0.15) is 0 Å². The highest BCUT2D eigenvalue weighted by atomic mass is 35.5. The van der Waals surface area contributed by atoms with Gasteiger partial charge in [-0.25, -0.2) is 0 Å². The van der Waals surface area contributed by atoms with Crippen molar-refractivity contribution in [2.45, 2.75) is 0 Å². The van der Waals surface area contributed by atoms with Gasteiger partial charge < -0.3 is 0 Å². The Hall–Kier alpha value is -3.87. The smallest absolute Gasteiger partial charge is 0.0406 e. The Balaban J connectivity index is 1.33. The largest absolute Gasteiger partial charge is 0.0843 e. The molecule has 6 rings (SSSR count). The maximum Gasteiger partial charge on any atom is 0.0406 e. The van der Waals surface area contributed by atoms with E-state index in [4.69, 9.17) is 11.6 Å². The predicted octanol–water partition coefficient (Wildman–Crippen LogP) is 9.65. The molecular formula is C32H21Cl. The molecule has 0 amide bonds. The Kier molecular flexibility index (Phi) is 4.94. The van der Waals surface area contributed by atoms with Crippen molar-refractivity contribution in [1.82, 2.24) is 0 Å². The summed E-state index contributed by atoms with van der Waals surface area (Å²) in [6.45, 7) is 0. The maximum absolute atomic E-state index is 6.04. The summed E-state index contributed by atoms with van der Waals surface area (Å²) in [7, 11) is 0. The van der Waals surface area contributed by atoms with Crippen LogP contribution < -0.4 is 0 Å². The number of hydrogen-bond donors (Lipinski definition) is 0. The monoisotopic (exact) mass is 440 g/mol. The second kappa shape index (κ2) is 8.24. The third kappa shape index (κ3) is 3.80. The van der Waals surface area contributed by atoms with E-state index in [1.54, 1.807) is 0 Å². The number of rotatable bonds is 3. The highest BCUT2D eigenvalue weighted by Crippen LogP contribution is 2.32. The van der Waals surface area contributed by atoms with Gasteiger partial charge in [-0.2, -0.15) is 0 Å². The van der Waals surface area contributed by atoms with E-state index in [0.29, 0.717) is 0 Å². The van der Waals surface area contributed by atoms with Gasteiger partial charge >= 0.3 is 0 Å². The van der Waals surface area contributed by atoms with Crippen LogP contribution in [0.15, 0.2) is 127 Å². The summed E-state index contributed by atoms with van der Waals surface area (Å²) in [5, 5.41) is 5.79. The molecule has 0 fully saturated rings. The number of halogens is 1. The highest BCUT2D eigenvalue weighted by Gasteiger charge is 2.06. The summed E-state index contributed by atoms with van der Waals surface area (Å²) >= 11 is 6.04. The van der Waals surface area contributed by atoms with Crippen molar-refractivity contribution in [3.63, 3.8) is 0 Å². The van der Waals surface area contributed by atoms with Crippen LogP contribution in [0.1, 0.15) is 0 Å². The van der Waals surface area contributed by atoms with E-state index in [2.05, 4.69) is 115 Å². The third-order valence-electron chi connectivity index (χ3n) is 6.34. The molecule has 0 atom stereocenters. The minimum atomic E-state index is 0.760. The molecule has 0 heterocycles. The maximum atomic E-state index is 6.04. The van der Waals surface area contributed by atoms with Crippen LogP contribution in [0, 0.1) is 0 Å². The van der Waals surface area contributed by atoms with Crippen LogP contribution in [-0.4, -0.2) is 0 Å². The molecule has 156 valence electrons. The average Bonchev–Trinajstić information content (AvgIpc) is 2.88. The average molecular weight is 441 g/mol. The fourth-order valence-corrected chi connectivity index (χ4v) is 4.69. The van der Waals surface area contributed by atoms with Crippen LogP contribution in [0.2, 0.25) is 5.02 Å². The van der Waals surface area contributed by atoms with Gasteiger partial charge in [0, 0.05) is 5.02 Å². The first kappa shape index (κ1) is 19.8. The van der Waals surface area contributed by atoms with Crippen LogP contribution in [0.3, 0.4) is 0 Å². The molecule has 0 aromatic heterocycles. The van der Waals surface area contributed by atoms with Crippen LogP contribution in [0.5, 0.6) is 0 Å². The van der Waals surface area contributed by atoms with Crippen molar-refractivity contribution in [3.05, 3.63) is 132 Å². The molecule has 0 aliphatic heterocycles. The molecule has 0 aliphatic rings. The summed E-state index contributed by atoms with van der Waals surface area (Å²) in [5.41, 5.74) is 7.34. The summed E-state index contributed by atoms with van der Waals surface area (Å²) in [4.78, 5) is 0. The van der Waals surface area contributed by atoms with E-state index in [1.807, 2.05) is 12.1 Å². The lowest BCUT2D eigenvalue weighted by Crippen LogP contribution is -1.84. The third-order valence-corrected chi connectivity index (χ3v) is 6.59. The molecule has 6 aromatic carbocycles. The molecule has 0 saturated carbocycles. The van der Waals surface area contributed by atoms with E-state index in [1.165, 1.54) is 54.9 Å². The van der Waals surface area contributed by atoms with Crippen LogP contribution in [0.25, 0.3) is 54.9 Å². The van der Waals surface area contributed by atoms with Crippen molar-refractivity contribution in [2.24, 2.45) is 0 Å². The zero-order valence-electron chi connectivity index (χ0n) is 18.0. The predicted molar refractivity (Wildman–Crippen MR) is 143 cm³/mol. The quantitative estimate of drug-likeness (QED) is 0.257. The number of fused-ring (bicyclic) bond motifs is 2. The van der Waals surface area contributed by atoms with Crippen molar-refractivity contribution in [2.75, 3.05) is 0 Å². The number of hydrogen-bond acceptors (Lipinski definition) is 0. The molecule has 33 heavy (non-hydrogen) atoms. The van der Waals surface area contributed by atoms with Crippen molar-refractivity contribution in [3.8, 4) is 33.4 Å². The van der Waals surface area contributed by atoms with Crippen LogP contribution in [-0.2, 0) is 0 Å². The Morgan fingerprint density at radius 1 is 0.364 bits per heavy atom. The molecule has 0 spiro atoms. The molecule has 0 bridgehead atoms. The Morgan fingerprint density at radius 2 is 0.879 bits per heavy atom. The van der Waals surface area contributed by atoms with Gasteiger partial charge in [-0.15, -0.1) is 0 Å². The SMILES string of the molecule is Clc1ccc(-c2ccc3cc(-c4ccc(-c5cccc6ccccc56)cc4)ccc3c2)cc1. The van der Waals surface area contributed by atoms with Gasteiger partial charge in [0.15, 0.2) is 0 Å². The summed E-state index contributed by atoms with van der Waals surface area (Å²) < 4.78 is 0. The van der Waals surface area contributed by atoms with Gasteiger partial charge in [0.05, 0.1) is 0 Å². The molecule has 0 saturated heterocycles. The van der Waals surface area contributed by atoms with Crippen molar-refractivity contribution in [1.29, 1.82) is 0 Å². The lowest BCUT2D eigenvalue weighted by molar-refractivity contribution is 1.61. The molecule has 6 aromatic rings. The molecule has 0 N–H and O–H groups in total. The fourth-order valence-electron chi connectivity index (χ4n) is 4.57. The fraction of sp³-hybridized carbons (Fsp3) is 0. The lowest BCUT2D eigenvalue weighted by atomic mass is 9.95. The van der Waals surface area contributed by atoms with Crippen LogP contribution in [0.4, 0.5) is 0 Å². The van der Waals surface area contributed by atoms with E-state index >= 15 is 0 Å². The Morgan fingerprint density at radius 3 is 1.55 bits per heavy atom. The summed E-state index contributed by atoms with van der Waals surface area (Å²) in [6.07, 6.45) is 0. The minimum Gasteiger partial charge on any atom is -0.0843 e. The zero-order valence-corrected chi connectivity index (χ0v) is 18.8. The van der Waals surface area contributed by atoms with E-state index in [0.717, 1.165) is 5.02 Å². The molecule has 0 aliphatic carbocycles. The van der Waals surface area contributed by atoms with Gasteiger partial charge in [-0.3, -0.25) is 0 Å². The summed E-state index contributed by atoms with van der Waals surface area (Å²) in [6, 6.07) is 45.3. The van der Waals surface area contributed by atoms with Gasteiger partial charge in [0.2, 0.25) is 0 Å².